The molecule has 1 heterocycles. The first-order valence-electron chi connectivity index (χ1n) is 5.38. The van der Waals surface area contributed by atoms with Crippen LogP contribution < -0.4 is 0 Å². The van der Waals surface area contributed by atoms with Gasteiger partial charge in [0, 0.05) is 5.69 Å². The summed E-state index contributed by atoms with van der Waals surface area (Å²) < 4.78 is 0. The quantitative estimate of drug-likeness (QED) is 0.719. The van der Waals surface area contributed by atoms with E-state index < -0.39 is 0 Å². The van der Waals surface area contributed by atoms with E-state index in [1.807, 2.05) is 0 Å². The van der Waals surface area contributed by atoms with Gasteiger partial charge in [0.1, 0.15) is 11.2 Å². The third-order valence-electron chi connectivity index (χ3n) is 2.91. The van der Waals surface area contributed by atoms with Gasteiger partial charge in [-0.1, -0.05) is 24.9 Å². The van der Waals surface area contributed by atoms with Crippen LogP contribution in [-0.4, -0.2) is 4.98 Å². The van der Waals surface area contributed by atoms with Gasteiger partial charge in [-0.2, -0.15) is 5.26 Å². The molecular weight excluding hydrogens is 208 g/mol. The Kier molecular flexibility index (Phi) is 2.93. The molecule has 3 heteroatoms. The summed E-state index contributed by atoms with van der Waals surface area (Å²) in [5.41, 5.74) is 4.15. The lowest BCUT2D eigenvalue weighted by Gasteiger charge is -2.10. The predicted octanol–water partition coefficient (Wildman–Crippen LogP) is 3.05. The van der Waals surface area contributed by atoms with Gasteiger partial charge in [0.25, 0.3) is 0 Å². The van der Waals surface area contributed by atoms with E-state index in [1.165, 1.54) is 5.56 Å². The zero-order valence-electron chi connectivity index (χ0n) is 8.81. The van der Waals surface area contributed by atoms with E-state index in [0.29, 0.717) is 10.7 Å². The van der Waals surface area contributed by atoms with Crippen LogP contribution in [0.1, 0.15) is 42.1 Å². The zero-order valence-corrected chi connectivity index (χ0v) is 9.56. The van der Waals surface area contributed by atoms with Crippen molar-refractivity contribution in [1.29, 1.82) is 5.26 Å². The molecule has 1 aliphatic rings. The summed E-state index contributed by atoms with van der Waals surface area (Å²) in [4.78, 5) is 4.31. The monoisotopic (exact) mass is 220 g/mol. The average Bonchev–Trinajstić information content (AvgIpc) is 2.66. The number of aryl methyl sites for hydroxylation is 1. The third kappa shape index (κ3) is 1.72. The molecule has 0 fully saturated rings. The molecule has 0 amide bonds. The second-order valence-electron chi connectivity index (χ2n) is 3.90. The van der Waals surface area contributed by atoms with Crippen LogP contribution in [0.5, 0.6) is 0 Å². The fraction of sp³-hybridized carbons (Fsp3) is 0.500. The van der Waals surface area contributed by atoms with E-state index in [1.54, 1.807) is 0 Å². The minimum absolute atomic E-state index is 0.390. The highest BCUT2D eigenvalue weighted by Gasteiger charge is 2.21. The summed E-state index contributed by atoms with van der Waals surface area (Å²) in [7, 11) is 0. The summed E-state index contributed by atoms with van der Waals surface area (Å²) in [5.74, 6) is 0. The Hall–Kier alpha value is -1.07. The molecule has 0 aliphatic heterocycles. The van der Waals surface area contributed by atoms with Crippen LogP contribution in [-0.2, 0) is 19.3 Å². The number of nitrogens with zero attached hydrogens (tertiary/aromatic N) is 2. The lowest BCUT2D eigenvalue weighted by molar-refractivity contribution is 0.878. The molecule has 0 saturated carbocycles. The fourth-order valence-electron chi connectivity index (χ4n) is 2.27. The van der Waals surface area contributed by atoms with E-state index in [-0.39, 0.29) is 0 Å². The van der Waals surface area contributed by atoms with E-state index in [2.05, 4.69) is 18.0 Å². The topological polar surface area (TPSA) is 36.7 Å². The Labute approximate surface area is 94.9 Å². The van der Waals surface area contributed by atoms with Crippen molar-refractivity contribution in [2.45, 2.75) is 39.0 Å². The van der Waals surface area contributed by atoms with E-state index in [4.69, 9.17) is 16.9 Å². The molecule has 0 aromatic carbocycles. The lowest BCUT2D eigenvalue weighted by atomic mass is 9.99. The Bertz CT molecular complexity index is 431. The van der Waals surface area contributed by atoms with E-state index >= 15 is 0 Å². The van der Waals surface area contributed by atoms with Crippen molar-refractivity contribution >= 4 is 11.6 Å². The van der Waals surface area contributed by atoms with Crippen molar-refractivity contribution in [2.75, 3.05) is 0 Å². The van der Waals surface area contributed by atoms with Gasteiger partial charge < -0.3 is 0 Å². The zero-order chi connectivity index (χ0) is 10.8. The molecule has 2 rings (SSSR count). The van der Waals surface area contributed by atoms with Gasteiger partial charge in [-0.3, -0.25) is 0 Å². The van der Waals surface area contributed by atoms with Gasteiger partial charge in [0.2, 0.25) is 0 Å². The molecule has 1 aliphatic carbocycles. The number of fused-ring (bicyclic) bond motifs is 1. The number of hydrogen-bond acceptors (Lipinski definition) is 2. The highest BCUT2D eigenvalue weighted by Crippen LogP contribution is 2.30. The largest absolute Gasteiger partial charge is 0.239 e. The van der Waals surface area contributed by atoms with Gasteiger partial charge in [-0.05, 0) is 36.8 Å². The first-order valence-corrected chi connectivity index (χ1v) is 5.76. The summed E-state index contributed by atoms with van der Waals surface area (Å²) in [5, 5.41) is 9.47. The van der Waals surface area contributed by atoms with Crippen molar-refractivity contribution in [3.63, 3.8) is 0 Å². The molecule has 0 spiro atoms. The maximum Gasteiger partial charge on any atom is 0.147 e. The van der Waals surface area contributed by atoms with Crippen LogP contribution in [0.25, 0.3) is 0 Å². The Balaban J connectivity index is 2.61. The van der Waals surface area contributed by atoms with Crippen molar-refractivity contribution in [3.05, 3.63) is 27.5 Å². The molecule has 78 valence electrons. The molecule has 0 bridgehead atoms. The summed E-state index contributed by atoms with van der Waals surface area (Å²) in [6, 6.07) is 2.18. The van der Waals surface area contributed by atoms with Crippen LogP contribution in [0.2, 0.25) is 5.15 Å². The van der Waals surface area contributed by atoms with E-state index in [9.17, 15) is 0 Å². The third-order valence-corrected chi connectivity index (χ3v) is 3.18. The van der Waals surface area contributed by atoms with Crippen molar-refractivity contribution in [1.82, 2.24) is 4.98 Å². The van der Waals surface area contributed by atoms with Crippen LogP contribution in [0.4, 0.5) is 0 Å². The smallest absolute Gasteiger partial charge is 0.147 e. The summed E-state index contributed by atoms with van der Waals surface area (Å²) in [6.45, 7) is 2.12. The van der Waals surface area contributed by atoms with Gasteiger partial charge >= 0.3 is 0 Å². The lowest BCUT2D eigenvalue weighted by Crippen LogP contribution is -2.01. The van der Waals surface area contributed by atoms with Crippen LogP contribution in [0.3, 0.4) is 0 Å². The second-order valence-corrected chi connectivity index (χ2v) is 4.25. The number of halogens is 1. The number of hydrogen-bond donors (Lipinski definition) is 0. The van der Waals surface area contributed by atoms with Crippen molar-refractivity contribution < 1.29 is 0 Å². The minimum atomic E-state index is 0.390. The van der Waals surface area contributed by atoms with Gasteiger partial charge in [-0.15, -0.1) is 0 Å². The highest BCUT2D eigenvalue weighted by molar-refractivity contribution is 6.30. The number of pyridine rings is 1. The second kappa shape index (κ2) is 4.20. The SMILES string of the molecule is CCCc1c(C#N)c(Cl)nc2c1CCC2. The number of aromatic nitrogens is 1. The van der Waals surface area contributed by atoms with Gasteiger partial charge in [0.15, 0.2) is 0 Å². The first kappa shape index (κ1) is 10.4. The van der Waals surface area contributed by atoms with Crippen molar-refractivity contribution in [3.8, 4) is 6.07 Å². The summed E-state index contributed by atoms with van der Waals surface area (Å²) >= 11 is 6.02. The molecule has 2 nitrogen and oxygen atoms in total. The molecule has 15 heavy (non-hydrogen) atoms. The summed E-state index contributed by atoms with van der Waals surface area (Å²) in [6.07, 6.45) is 5.19. The molecular formula is C12H13ClN2. The van der Waals surface area contributed by atoms with E-state index in [0.717, 1.165) is 43.4 Å². The Morgan fingerprint density at radius 2 is 2.27 bits per heavy atom. The maximum absolute atomic E-state index is 9.08. The van der Waals surface area contributed by atoms with Gasteiger partial charge in [-0.25, -0.2) is 4.98 Å². The van der Waals surface area contributed by atoms with Crippen LogP contribution >= 0.6 is 11.6 Å². The van der Waals surface area contributed by atoms with Crippen LogP contribution in [0.15, 0.2) is 0 Å². The first-order chi connectivity index (χ1) is 7.27. The maximum atomic E-state index is 9.08. The van der Waals surface area contributed by atoms with Crippen LogP contribution in [0, 0.1) is 11.3 Å². The molecule has 0 unspecified atom stereocenters. The molecule has 0 saturated heterocycles. The predicted molar refractivity (Wildman–Crippen MR) is 60.0 cm³/mol. The Morgan fingerprint density at radius 3 is 2.93 bits per heavy atom. The van der Waals surface area contributed by atoms with Gasteiger partial charge in [0.05, 0.1) is 5.56 Å². The molecule has 0 atom stereocenters. The molecule has 1 aromatic rings. The minimum Gasteiger partial charge on any atom is -0.239 e. The standard InChI is InChI=1S/C12H13ClN2/c1-2-4-8-9-5-3-6-11(9)15-12(13)10(8)7-14/h2-6H2,1H3. The fourth-order valence-corrected chi connectivity index (χ4v) is 2.52. The van der Waals surface area contributed by atoms with Crippen molar-refractivity contribution in [2.24, 2.45) is 0 Å². The number of nitriles is 1. The molecule has 0 radical (unpaired) electrons. The average molecular weight is 221 g/mol. The Morgan fingerprint density at radius 1 is 1.47 bits per heavy atom. The normalized spacial score (nSPS) is 13.7. The molecule has 1 aromatic heterocycles. The number of rotatable bonds is 2. The highest BCUT2D eigenvalue weighted by atomic mass is 35.5. The molecule has 0 N–H and O–H groups in total.